The van der Waals surface area contributed by atoms with Crippen molar-refractivity contribution < 1.29 is 22.7 Å². The Morgan fingerprint density at radius 2 is 1.45 bits per heavy atom. The maximum atomic E-state index is 13.8. The molecule has 9 heteroatoms. The number of nitrogens with zero attached hydrogens (tertiary/aromatic N) is 2. The van der Waals surface area contributed by atoms with Crippen molar-refractivity contribution in [1.29, 1.82) is 0 Å². The van der Waals surface area contributed by atoms with Crippen molar-refractivity contribution in [3.8, 4) is 5.75 Å². The van der Waals surface area contributed by atoms with E-state index in [0.717, 1.165) is 0 Å². The average Bonchev–Trinajstić information content (AvgIpc) is 2.92. The molecular weight excluding hydrogens is 476 g/mol. The van der Waals surface area contributed by atoms with E-state index >= 15 is 0 Å². The Hall–Kier alpha value is -2.90. The molecular formula is C24H19Cl2F3N2O2. The number of rotatable bonds is 4. The molecule has 3 aromatic rings. The molecule has 0 aliphatic carbocycles. The smallest absolute Gasteiger partial charge is 0.406 e. The molecule has 0 bridgehead atoms. The molecule has 1 unspecified atom stereocenters. The van der Waals surface area contributed by atoms with Crippen molar-refractivity contribution in [3.05, 3.63) is 88.4 Å². The van der Waals surface area contributed by atoms with E-state index in [-0.39, 0.29) is 11.8 Å². The van der Waals surface area contributed by atoms with Crippen LogP contribution in [0.5, 0.6) is 5.75 Å². The molecule has 1 atom stereocenters. The van der Waals surface area contributed by atoms with E-state index in [1.807, 2.05) is 13.8 Å². The van der Waals surface area contributed by atoms with Crippen LogP contribution in [0.3, 0.4) is 0 Å². The van der Waals surface area contributed by atoms with Crippen molar-refractivity contribution in [2.45, 2.75) is 31.8 Å². The Morgan fingerprint density at radius 3 is 2.06 bits per heavy atom. The molecule has 0 spiro atoms. The summed E-state index contributed by atoms with van der Waals surface area (Å²) in [5.74, 6) is -0.365. The highest BCUT2D eigenvalue weighted by Gasteiger charge is 2.53. The maximum Gasteiger partial charge on any atom is 0.573 e. The summed E-state index contributed by atoms with van der Waals surface area (Å²) < 4.78 is 42.7. The van der Waals surface area contributed by atoms with Gasteiger partial charge in [-0.3, -0.25) is 9.80 Å². The largest absolute Gasteiger partial charge is 0.573 e. The molecule has 4 nitrogen and oxygen atoms in total. The zero-order chi connectivity index (χ0) is 24.0. The molecule has 1 fully saturated rings. The summed E-state index contributed by atoms with van der Waals surface area (Å²) in [6.07, 6.45) is -4.83. The van der Waals surface area contributed by atoms with Gasteiger partial charge in [0.1, 0.15) is 5.75 Å². The van der Waals surface area contributed by atoms with E-state index in [1.54, 1.807) is 59.5 Å². The van der Waals surface area contributed by atoms with Crippen molar-refractivity contribution in [1.82, 2.24) is 0 Å². The fourth-order valence-electron chi connectivity index (χ4n) is 4.29. The Labute approximate surface area is 199 Å². The van der Waals surface area contributed by atoms with Gasteiger partial charge in [-0.15, -0.1) is 13.2 Å². The quantitative estimate of drug-likeness (QED) is 0.369. The fourth-order valence-corrected chi connectivity index (χ4v) is 4.65. The normalized spacial score (nSPS) is 18.0. The maximum absolute atomic E-state index is 13.8. The van der Waals surface area contributed by atoms with Crippen LogP contribution >= 0.6 is 23.2 Å². The SMILES string of the molecule is CC1(C)C(c2cccc(OC(F)(F)F)c2)N(c2cccc(Cl)c2)C(=O)N1c1cccc(Cl)c1. The Morgan fingerprint density at radius 1 is 0.879 bits per heavy atom. The number of halogens is 5. The molecule has 1 aliphatic heterocycles. The van der Waals surface area contributed by atoms with Gasteiger partial charge in [-0.05, 0) is 67.9 Å². The van der Waals surface area contributed by atoms with Gasteiger partial charge in [0, 0.05) is 21.4 Å². The summed E-state index contributed by atoms with van der Waals surface area (Å²) in [6, 6.07) is 18.2. The van der Waals surface area contributed by atoms with E-state index in [2.05, 4.69) is 4.74 Å². The second kappa shape index (κ2) is 8.47. The second-order valence-electron chi connectivity index (χ2n) is 8.12. The van der Waals surface area contributed by atoms with E-state index in [1.165, 1.54) is 23.1 Å². The molecule has 172 valence electrons. The first-order valence-corrected chi connectivity index (χ1v) is 10.7. The minimum absolute atomic E-state index is 0.364. The minimum atomic E-state index is -4.83. The first-order valence-electron chi connectivity index (χ1n) is 9.97. The number of benzene rings is 3. The van der Waals surface area contributed by atoms with Crippen LogP contribution in [-0.2, 0) is 0 Å². The van der Waals surface area contributed by atoms with Crippen molar-refractivity contribution in [2.24, 2.45) is 0 Å². The molecule has 1 heterocycles. The number of carbonyl (C=O) groups is 1. The summed E-state index contributed by atoms with van der Waals surface area (Å²) in [4.78, 5) is 16.9. The summed E-state index contributed by atoms with van der Waals surface area (Å²) >= 11 is 12.4. The van der Waals surface area contributed by atoms with Crippen LogP contribution in [0.1, 0.15) is 25.5 Å². The molecule has 0 aromatic heterocycles. The zero-order valence-electron chi connectivity index (χ0n) is 17.6. The van der Waals surface area contributed by atoms with Crippen molar-refractivity contribution in [2.75, 3.05) is 9.80 Å². The van der Waals surface area contributed by atoms with Gasteiger partial charge in [-0.1, -0.05) is 47.5 Å². The molecule has 0 radical (unpaired) electrons. The average molecular weight is 495 g/mol. The van der Waals surface area contributed by atoms with Gasteiger partial charge in [-0.25, -0.2) is 4.79 Å². The van der Waals surface area contributed by atoms with Gasteiger partial charge in [0.05, 0.1) is 11.6 Å². The minimum Gasteiger partial charge on any atom is -0.406 e. The second-order valence-corrected chi connectivity index (χ2v) is 9.00. The van der Waals surface area contributed by atoms with Gasteiger partial charge in [0.15, 0.2) is 0 Å². The topological polar surface area (TPSA) is 32.8 Å². The Kier molecular flexibility index (Phi) is 5.97. The lowest BCUT2D eigenvalue weighted by molar-refractivity contribution is -0.274. The summed E-state index contributed by atoms with van der Waals surface area (Å²) in [7, 11) is 0. The number of carbonyl (C=O) groups excluding carboxylic acids is 1. The molecule has 4 rings (SSSR count). The van der Waals surface area contributed by atoms with Crippen LogP contribution in [0.2, 0.25) is 10.0 Å². The highest BCUT2D eigenvalue weighted by atomic mass is 35.5. The lowest BCUT2D eigenvalue weighted by Gasteiger charge is -2.35. The summed E-state index contributed by atoms with van der Waals surface area (Å²) in [6.45, 7) is 3.69. The first kappa shape index (κ1) is 23.3. The Bertz CT molecular complexity index is 1200. The number of ether oxygens (including phenoxy) is 1. The lowest BCUT2D eigenvalue weighted by atomic mass is 9.87. The zero-order valence-corrected chi connectivity index (χ0v) is 19.1. The number of urea groups is 1. The molecule has 2 amide bonds. The highest BCUT2D eigenvalue weighted by Crippen LogP contribution is 2.48. The van der Waals surface area contributed by atoms with Crippen molar-refractivity contribution >= 4 is 40.6 Å². The van der Waals surface area contributed by atoms with Crippen LogP contribution in [0, 0.1) is 0 Å². The van der Waals surface area contributed by atoms with Crippen LogP contribution in [0.4, 0.5) is 29.3 Å². The molecule has 0 N–H and O–H groups in total. The van der Waals surface area contributed by atoms with Gasteiger partial charge in [0.2, 0.25) is 0 Å². The predicted molar refractivity (Wildman–Crippen MR) is 123 cm³/mol. The van der Waals surface area contributed by atoms with Gasteiger partial charge in [0.25, 0.3) is 0 Å². The highest BCUT2D eigenvalue weighted by molar-refractivity contribution is 6.31. The van der Waals surface area contributed by atoms with E-state index in [4.69, 9.17) is 23.2 Å². The third-order valence-corrected chi connectivity index (χ3v) is 5.93. The summed E-state index contributed by atoms with van der Waals surface area (Å²) in [5, 5.41) is 0.877. The van der Waals surface area contributed by atoms with E-state index in [9.17, 15) is 18.0 Å². The number of amides is 2. The van der Waals surface area contributed by atoms with Crippen LogP contribution < -0.4 is 14.5 Å². The van der Waals surface area contributed by atoms with E-state index in [0.29, 0.717) is 27.0 Å². The third kappa shape index (κ3) is 4.61. The van der Waals surface area contributed by atoms with Gasteiger partial charge < -0.3 is 4.74 Å². The van der Waals surface area contributed by atoms with Gasteiger partial charge in [-0.2, -0.15) is 0 Å². The number of anilines is 2. The van der Waals surface area contributed by atoms with Crippen LogP contribution in [0.25, 0.3) is 0 Å². The monoisotopic (exact) mass is 494 g/mol. The molecule has 1 saturated heterocycles. The van der Waals surface area contributed by atoms with Gasteiger partial charge >= 0.3 is 12.4 Å². The Balaban J connectivity index is 1.88. The van der Waals surface area contributed by atoms with E-state index < -0.39 is 17.9 Å². The predicted octanol–water partition coefficient (Wildman–Crippen LogP) is 7.86. The molecule has 0 saturated carbocycles. The first-order chi connectivity index (χ1) is 15.5. The van der Waals surface area contributed by atoms with Crippen LogP contribution in [-0.4, -0.2) is 17.9 Å². The fraction of sp³-hybridized carbons (Fsp3) is 0.208. The molecule has 3 aromatic carbocycles. The number of hydrogen-bond donors (Lipinski definition) is 0. The molecule has 1 aliphatic rings. The molecule has 33 heavy (non-hydrogen) atoms. The lowest BCUT2D eigenvalue weighted by Crippen LogP contribution is -2.43. The summed E-state index contributed by atoms with van der Waals surface area (Å²) in [5.41, 5.74) is 0.660. The van der Waals surface area contributed by atoms with Crippen molar-refractivity contribution in [3.63, 3.8) is 0 Å². The number of hydrogen-bond acceptors (Lipinski definition) is 2. The number of alkyl halides is 3. The standard InChI is InChI=1S/C24H19Cl2F3N2O2/c1-23(2)21(15-6-3-11-20(12-15)33-24(27,28)29)30(18-9-4-7-16(25)13-18)22(32)31(23)19-10-5-8-17(26)14-19/h3-14,21H,1-2H3. The van der Waals surface area contributed by atoms with Crippen LogP contribution in [0.15, 0.2) is 72.8 Å². The third-order valence-electron chi connectivity index (χ3n) is 5.46.